The lowest BCUT2D eigenvalue weighted by molar-refractivity contribution is -0.127. The molecule has 5 nitrogen and oxygen atoms in total. The summed E-state index contributed by atoms with van der Waals surface area (Å²) in [5.41, 5.74) is 0.896. The zero-order chi connectivity index (χ0) is 17.5. The summed E-state index contributed by atoms with van der Waals surface area (Å²) >= 11 is 12.1. The number of amides is 1. The van der Waals surface area contributed by atoms with Gasteiger partial charge in [0.2, 0.25) is 5.91 Å². The zero-order valence-electron chi connectivity index (χ0n) is 14.5. The third kappa shape index (κ3) is 7.58. The molecule has 1 fully saturated rings. The fraction of sp³-hybridized carbons (Fsp3) is 0.529. The Kier molecular flexibility index (Phi) is 9.89. The highest BCUT2D eigenvalue weighted by molar-refractivity contribution is 14.0. The van der Waals surface area contributed by atoms with Crippen LogP contribution in [-0.2, 0) is 11.3 Å². The minimum absolute atomic E-state index is 0. The monoisotopic (exact) mass is 498 g/mol. The lowest BCUT2D eigenvalue weighted by atomic mass is 10.2. The molecule has 2 rings (SSSR count). The molecule has 0 radical (unpaired) electrons. The first-order valence-corrected chi connectivity index (χ1v) is 8.90. The molecule has 0 aromatic heterocycles. The molecule has 1 aliphatic rings. The Labute approximate surface area is 176 Å². The first-order valence-electron chi connectivity index (χ1n) is 8.14. The topological polar surface area (TPSA) is 56.7 Å². The smallest absolute Gasteiger partial charge is 0.241 e. The number of hydrogen-bond acceptors (Lipinski definition) is 2. The van der Waals surface area contributed by atoms with Gasteiger partial charge in [0.25, 0.3) is 0 Å². The Bertz CT molecular complexity index is 604. The van der Waals surface area contributed by atoms with E-state index in [0.717, 1.165) is 18.4 Å². The second-order valence-electron chi connectivity index (χ2n) is 6.17. The molecule has 1 aliphatic carbocycles. The maximum atomic E-state index is 11.8. The summed E-state index contributed by atoms with van der Waals surface area (Å²) in [4.78, 5) is 17.9. The van der Waals surface area contributed by atoms with Crippen molar-refractivity contribution in [3.8, 4) is 0 Å². The molecule has 1 amide bonds. The number of nitrogens with zero attached hydrogens (tertiary/aromatic N) is 2. The summed E-state index contributed by atoms with van der Waals surface area (Å²) < 4.78 is 0. The maximum absolute atomic E-state index is 11.8. The molecule has 0 saturated heterocycles. The van der Waals surface area contributed by atoms with Crippen molar-refractivity contribution < 1.29 is 4.79 Å². The van der Waals surface area contributed by atoms with Crippen LogP contribution in [-0.4, -0.2) is 43.4 Å². The fourth-order valence-electron chi connectivity index (χ4n) is 2.55. The van der Waals surface area contributed by atoms with E-state index in [9.17, 15) is 4.79 Å². The third-order valence-corrected chi connectivity index (χ3v) is 4.61. The van der Waals surface area contributed by atoms with Crippen LogP contribution in [0.15, 0.2) is 23.2 Å². The largest absolute Gasteiger partial charge is 0.354 e. The molecular formula is C17H25Cl2IN4O. The number of halogens is 3. The molecule has 25 heavy (non-hydrogen) atoms. The van der Waals surface area contributed by atoms with Crippen LogP contribution in [0.5, 0.6) is 0 Å². The first-order chi connectivity index (χ1) is 11.5. The quantitative estimate of drug-likeness (QED) is 0.370. The summed E-state index contributed by atoms with van der Waals surface area (Å²) in [6.45, 7) is 0.633. The second-order valence-corrected chi connectivity index (χ2v) is 7.01. The van der Waals surface area contributed by atoms with Crippen molar-refractivity contribution in [1.82, 2.24) is 15.5 Å². The van der Waals surface area contributed by atoms with Crippen LogP contribution in [0.2, 0.25) is 10.0 Å². The van der Waals surface area contributed by atoms with Crippen molar-refractivity contribution >= 4 is 59.0 Å². The summed E-state index contributed by atoms with van der Waals surface area (Å²) in [6.07, 6.45) is 4.71. The van der Waals surface area contributed by atoms with Crippen molar-refractivity contribution in [2.75, 3.05) is 20.6 Å². The molecule has 0 unspecified atom stereocenters. The molecule has 0 heterocycles. The van der Waals surface area contributed by atoms with E-state index in [1.54, 1.807) is 31.1 Å². The van der Waals surface area contributed by atoms with Gasteiger partial charge >= 0.3 is 0 Å². The molecule has 1 aromatic rings. The van der Waals surface area contributed by atoms with Crippen LogP contribution in [0.3, 0.4) is 0 Å². The molecule has 1 aromatic carbocycles. The van der Waals surface area contributed by atoms with E-state index in [2.05, 4.69) is 15.6 Å². The van der Waals surface area contributed by atoms with Gasteiger partial charge in [-0.2, -0.15) is 0 Å². The van der Waals surface area contributed by atoms with E-state index < -0.39 is 0 Å². The minimum Gasteiger partial charge on any atom is -0.354 e. The summed E-state index contributed by atoms with van der Waals surface area (Å²) in [5, 5.41) is 7.71. The number of carbonyl (C=O) groups is 1. The molecule has 0 bridgehead atoms. The molecule has 140 valence electrons. The number of aliphatic imine (C=N–C) groups is 1. The van der Waals surface area contributed by atoms with Crippen LogP contribution in [0.25, 0.3) is 0 Å². The van der Waals surface area contributed by atoms with Gasteiger partial charge in [0.1, 0.15) is 0 Å². The number of nitrogens with one attached hydrogen (secondary N) is 2. The van der Waals surface area contributed by atoms with Crippen LogP contribution in [0.4, 0.5) is 0 Å². The number of rotatable bonds is 5. The lowest BCUT2D eigenvalue weighted by Gasteiger charge is -2.18. The molecule has 0 atom stereocenters. The number of guanidine groups is 1. The Morgan fingerprint density at radius 2 is 1.96 bits per heavy atom. The molecule has 0 spiro atoms. The van der Waals surface area contributed by atoms with Crippen molar-refractivity contribution in [2.45, 2.75) is 38.3 Å². The molecule has 0 aliphatic heterocycles. The Hall–Kier alpha value is -0.730. The number of hydrogen-bond donors (Lipinski definition) is 2. The summed E-state index contributed by atoms with van der Waals surface area (Å²) in [6, 6.07) is 5.78. The zero-order valence-corrected chi connectivity index (χ0v) is 18.4. The Morgan fingerprint density at radius 1 is 1.28 bits per heavy atom. The van der Waals surface area contributed by atoms with Crippen LogP contribution in [0.1, 0.15) is 31.2 Å². The molecular weight excluding hydrogens is 474 g/mol. The van der Waals surface area contributed by atoms with Crippen molar-refractivity contribution in [3.05, 3.63) is 33.8 Å². The van der Waals surface area contributed by atoms with E-state index in [0.29, 0.717) is 28.6 Å². The number of benzene rings is 1. The summed E-state index contributed by atoms with van der Waals surface area (Å²) in [5.74, 6) is 0.642. The van der Waals surface area contributed by atoms with E-state index in [1.807, 2.05) is 6.07 Å². The van der Waals surface area contributed by atoms with E-state index in [1.165, 1.54) is 12.8 Å². The van der Waals surface area contributed by atoms with Crippen molar-refractivity contribution in [2.24, 2.45) is 4.99 Å². The van der Waals surface area contributed by atoms with Crippen LogP contribution >= 0.6 is 47.2 Å². The fourth-order valence-corrected chi connectivity index (χ4v) is 3.02. The maximum Gasteiger partial charge on any atom is 0.241 e. The van der Waals surface area contributed by atoms with Crippen LogP contribution in [0, 0.1) is 0 Å². The predicted octanol–water partition coefficient (Wildman–Crippen LogP) is 3.68. The highest BCUT2D eigenvalue weighted by atomic mass is 127. The number of carbonyl (C=O) groups excluding carboxylic acids is 1. The van der Waals surface area contributed by atoms with Gasteiger partial charge in [0.05, 0.1) is 13.1 Å². The first kappa shape index (κ1) is 22.3. The van der Waals surface area contributed by atoms with Crippen molar-refractivity contribution in [1.29, 1.82) is 0 Å². The van der Waals surface area contributed by atoms with Gasteiger partial charge in [-0.25, -0.2) is 4.99 Å². The molecule has 2 N–H and O–H groups in total. The third-order valence-electron chi connectivity index (χ3n) is 4.02. The predicted molar refractivity (Wildman–Crippen MR) is 115 cm³/mol. The van der Waals surface area contributed by atoms with E-state index >= 15 is 0 Å². The van der Waals surface area contributed by atoms with Crippen LogP contribution < -0.4 is 10.6 Å². The SMILES string of the molecule is CN(C)C(=O)CNC(=NCc1ccc(Cl)cc1Cl)NC1CCCC1.I. The van der Waals surface area contributed by atoms with Crippen molar-refractivity contribution in [3.63, 3.8) is 0 Å². The lowest BCUT2D eigenvalue weighted by Crippen LogP contribution is -2.46. The number of likely N-dealkylation sites (N-methyl/N-ethyl adjacent to an activating group) is 1. The van der Waals surface area contributed by atoms with Gasteiger partial charge in [-0.15, -0.1) is 24.0 Å². The minimum atomic E-state index is 0. The van der Waals surface area contributed by atoms with E-state index in [-0.39, 0.29) is 36.4 Å². The highest BCUT2D eigenvalue weighted by Gasteiger charge is 2.16. The Morgan fingerprint density at radius 3 is 2.56 bits per heavy atom. The van der Waals surface area contributed by atoms with Gasteiger partial charge in [-0.05, 0) is 30.5 Å². The Balaban J connectivity index is 0.00000312. The van der Waals surface area contributed by atoms with Gasteiger partial charge in [0.15, 0.2) is 5.96 Å². The van der Waals surface area contributed by atoms with E-state index in [4.69, 9.17) is 23.2 Å². The molecule has 1 saturated carbocycles. The van der Waals surface area contributed by atoms with Gasteiger partial charge < -0.3 is 15.5 Å². The normalized spacial score (nSPS) is 14.8. The average Bonchev–Trinajstić information content (AvgIpc) is 3.03. The van der Waals surface area contributed by atoms with Gasteiger partial charge in [0, 0.05) is 30.2 Å². The van der Waals surface area contributed by atoms with Gasteiger partial charge in [-0.1, -0.05) is 42.1 Å². The average molecular weight is 499 g/mol. The standard InChI is InChI=1S/C17H24Cl2N4O.HI/c1-23(2)16(24)11-21-17(22-14-5-3-4-6-14)20-10-12-7-8-13(18)9-15(12)19;/h7-9,14H,3-6,10-11H2,1-2H3,(H2,20,21,22);1H. The molecule has 8 heteroatoms. The second kappa shape index (κ2) is 11.1. The van der Waals surface area contributed by atoms with Gasteiger partial charge in [-0.3, -0.25) is 4.79 Å². The summed E-state index contributed by atoms with van der Waals surface area (Å²) in [7, 11) is 3.47. The highest BCUT2D eigenvalue weighted by Crippen LogP contribution is 2.21.